The number of nitrogens with zero attached hydrogens (tertiary/aromatic N) is 1. The number of benzene rings is 3. The first-order chi connectivity index (χ1) is 16.7. The number of ether oxygens (including phenoxy) is 2. The molecule has 0 spiro atoms. The van der Waals surface area contributed by atoms with Crippen molar-refractivity contribution in [2.24, 2.45) is 0 Å². The molecule has 0 atom stereocenters. The standard InChI is InChI=1S/C26H27FN2O5S/c1-18-7-9-24(28-19(2)30)26(13-18)35(31,32)29-11-12-34-25-10-8-20(14-22(25)15-29)16-33-17-21-5-3-4-6-23(21)27/h3-10,13-14H,11-12,15-17H2,1-2H3,(H,28,30). The molecule has 0 saturated heterocycles. The zero-order chi connectivity index (χ0) is 25.0. The molecular weight excluding hydrogens is 471 g/mol. The summed E-state index contributed by atoms with van der Waals surface area (Å²) in [4.78, 5) is 11.7. The number of halogens is 1. The van der Waals surface area contributed by atoms with Gasteiger partial charge in [0.15, 0.2) is 0 Å². The van der Waals surface area contributed by atoms with Crippen molar-refractivity contribution in [2.45, 2.75) is 38.5 Å². The number of hydrogen-bond acceptors (Lipinski definition) is 5. The Balaban J connectivity index is 1.54. The van der Waals surface area contributed by atoms with Crippen LogP contribution in [0.15, 0.2) is 65.6 Å². The predicted octanol–water partition coefficient (Wildman–Crippen LogP) is 4.39. The van der Waals surface area contributed by atoms with Crippen LogP contribution in [0.4, 0.5) is 10.1 Å². The Morgan fingerprint density at radius 1 is 1.11 bits per heavy atom. The van der Waals surface area contributed by atoms with Gasteiger partial charge in [0.1, 0.15) is 23.1 Å². The number of anilines is 1. The number of rotatable bonds is 7. The number of fused-ring (bicyclic) bond motifs is 1. The molecule has 0 aliphatic carbocycles. The maximum Gasteiger partial charge on any atom is 0.245 e. The van der Waals surface area contributed by atoms with Crippen LogP contribution in [0.3, 0.4) is 0 Å². The number of hydrogen-bond donors (Lipinski definition) is 1. The molecule has 0 aromatic heterocycles. The fourth-order valence-corrected chi connectivity index (χ4v) is 5.52. The van der Waals surface area contributed by atoms with Crippen molar-refractivity contribution in [3.63, 3.8) is 0 Å². The molecule has 4 rings (SSSR count). The average molecular weight is 499 g/mol. The van der Waals surface area contributed by atoms with Crippen molar-refractivity contribution in [1.82, 2.24) is 4.31 Å². The van der Waals surface area contributed by atoms with Crippen LogP contribution in [-0.4, -0.2) is 31.8 Å². The van der Waals surface area contributed by atoms with E-state index in [1.165, 1.54) is 17.3 Å². The molecule has 0 radical (unpaired) electrons. The lowest BCUT2D eigenvalue weighted by molar-refractivity contribution is -0.114. The Kier molecular flexibility index (Phi) is 7.49. The van der Waals surface area contributed by atoms with Crippen molar-refractivity contribution in [3.8, 4) is 5.75 Å². The third-order valence-electron chi connectivity index (χ3n) is 5.62. The third kappa shape index (κ3) is 5.87. The molecule has 0 bridgehead atoms. The van der Waals surface area contributed by atoms with E-state index in [0.29, 0.717) is 16.9 Å². The Labute approximate surface area is 204 Å². The SMILES string of the molecule is CC(=O)Nc1ccc(C)cc1S(=O)(=O)N1CCOc2ccc(COCc3ccccc3F)cc2C1. The van der Waals surface area contributed by atoms with Gasteiger partial charge in [0.05, 0.1) is 18.9 Å². The Bertz CT molecular complexity index is 1340. The molecule has 1 N–H and O–H groups in total. The summed E-state index contributed by atoms with van der Waals surface area (Å²) in [5.41, 5.74) is 2.99. The number of aryl methyl sites for hydroxylation is 1. The van der Waals surface area contributed by atoms with Crippen molar-refractivity contribution in [2.75, 3.05) is 18.5 Å². The molecule has 9 heteroatoms. The lowest BCUT2D eigenvalue weighted by Gasteiger charge is -2.22. The summed E-state index contributed by atoms with van der Waals surface area (Å²) in [6.45, 7) is 3.94. The predicted molar refractivity (Wildman–Crippen MR) is 130 cm³/mol. The van der Waals surface area contributed by atoms with Gasteiger partial charge in [-0.15, -0.1) is 0 Å². The highest BCUT2D eigenvalue weighted by Gasteiger charge is 2.30. The lowest BCUT2D eigenvalue weighted by Crippen LogP contribution is -2.33. The number of carbonyl (C=O) groups excluding carboxylic acids is 1. The maximum atomic E-state index is 13.8. The molecule has 184 valence electrons. The summed E-state index contributed by atoms with van der Waals surface area (Å²) in [6, 6.07) is 16.8. The van der Waals surface area contributed by atoms with E-state index in [-0.39, 0.29) is 55.2 Å². The Morgan fingerprint density at radius 3 is 2.69 bits per heavy atom. The number of sulfonamides is 1. The molecule has 1 aliphatic heterocycles. The van der Waals surface area contributed by atoms with E-state index in [2.05, 4.69) is 5.32 Å². The van der Waals surface area contributed by atoms with Gasteiger partial charge in [-0.25, -0.2) is 12.8 Å². The van der Waals surface area contributed by atoms with Crippen LogP contribution in [0.2, 0.25) is 0 Å². The minimum absolute atomic E-state index is 0.0422. The Hall–Kier alpha value is -3.27. The van der Waals surface area contributed by atoms with E-state index in [4.69, 9.17) is 9.47 Å². The van der Waals surface area contributed by atoms with Gasteiger partial charge in [-0.2, -0.15) is 4.31 Å². The first-order valence-electron chi connectivity index (χ1n) is 11.2. The molecule has 1 heterocycles. The van der Waals surface area contributed by atoms with Gasteiger partial charge in [0.2, 0.25) is 15.9 Å². The van der Waals surface area contributed by atoms with Crippen molar-refractivity contribution in [3.05, 3.63) is 88.7 Å². The van der Waals surface area contributed by atoms with E-state index in [9.17, 15) is 17.6 Å². The fraction of sp³-hybridized carbons (Fsp3) is 0.269. The van der Waals surface area contributed by atoms with E-state index < -0.39 is 10.0 Å². The summed E-state index contributed by atoms with van der Waals surface area (Å²) < 4.78 is 53.9. The van der Waals surface area contributed by atoms with E-state index >= 15 is 0 Å². The van der Waals surface area contributed by atoms with Gasteiger partial charge < -0.3 is 14.8 Å². The summed E-state index contributed by atoms with van der Waals surface area (Å²) in [6.07, 6.45) is 0. The molecule has 0 fully saturated rings. The number of nitrogens with one attached hydrogen (secondary N) is 1. The number of amides is 1. The molecule has 0 saturated carbocycles. The van der Waals surface area contributed by atoms with Gasteiger partial charge in [0, 0.05) is 31.1 Å². The normalized spacial score (nSPS) is 14.0. The second-order valence-electron chi connectivity index (χ2n) is 8.39. The summed E-state index contributed by atoms with van der Waals surface area (Å²) >= 11 is 0. The maximum absolute atomic E-state index is 13.8. The first kappa shape index (κ1) is 24.8. The lowest BCUT2D eigenvalue weighted by atomic mass is 10.1. The quantitative estimate of drug-likeness (QED) is 0.522. The smallest absolute Gasteiger partial charge is 0.245 e. The summed E-state index contributed by atoms with van der Waals surface area (Å²) in [5, 5.41) is 2.61. The second-order valence-corrected chi connectivity index (χ2v) is 10.3. The van der Waals surface area contributed by atoms with E-state index in [0.717, 1.165) is 11.1 Å². The van der Waals surface area contributed by atoms with Crippen LogP contribution in [0, 0.1) is 12.7 Å². The van der Waals surface area contributed by atoms with Crippen LogP contribution >= 0.6 is 0 Å². The molecule has 35 heavy (non-hydrogen) atoms. The highest BCUT2D eigenvalue weighted by Crippen LogP contribution is 2.31. The van der Waals surface area contributed by atoms with Crippen molar-refractivity contribution < 1.29 is 27.1 Å². The molecule has 3 aromatic carbocycles. The zero-order valence-corrected chi connectivity index (χ0v) is 20.4. The van der Waals surface area contributed by atoms with Gasteiger partial charge in [-0.05, 0) is 48.4 Å². The van der Waals surface area contributed by atoms with Crippen LogP contribution in [0.5, 0.6) is 5.75 Å². The number of carbonyl (C=O) groups is 1. The van der Waals surface area contributed by atoms with E-state index in [1.54, 1.807) is 49.4 Å². The second kappa shape index (κ2) is 10.6. The molecule has 7 nitrogen and oxygen atoms in total. The topological polar surface area (TPSA) is 84.9 Å². The summed E-state index contributed by atoms with van der Waals surface area (Å²) in [7, 11) is -3.93. The van der Waals surface area contributed by atoms with Crippen LogP contribution in [-0.2, 0) is 39.3 Å². The van der Waals surface area contributed by atoms with Gasteiger partial charge in [0.25, 0.3) is 0 Å². The third-order valence-corrected chi connectivity index (χ3v) is 7.50. The molecule has 1 amide bonds. The zero-order valence-electron chi connectivity index (χ0n) is 19.6. The molecule has 3 aromatic rings. The average Bonchev–Trinajstić information content (AvgIpc) is 3.04. The molecular formula is C26H27FN2O5S. The van der Waals surface area contributed by atoms with Gasteiger partial charge in [-0.1, -0.05) is 30.3 Å². The van der Waals surface area contributed by atoms with E-state index in [1.807, 2.05) is 12.1 Å². The van der Waals surface area contributed by atoms with Crippen LogP contribution < -0.4 is 10.1 Å². The highest BCUT2D eigenvalue weighted by atomic mass is 32.2. The van der Waals surface area contributed by atoms with Crippen LogP contribution in [0.25, 0.3) is 0 Å². The van der Waals surface area contributed by atoms with Crippen molar-refractivity contribution in [1.29, 1.82) is 0 Å². The summed E-state index contributed by atoms with van der Waals surface area (Å²) in [5.74, 6) is -0.0692. The fourth-order valence-electron chi connectivity index (χ4n) is 3.89. The minimum atomic E-state index is -3.93. The Morgan fingerprint density at radius 2 is 1.91 bits per heavy atom. The molecule has 1 aliphatic rings. The largest absolute Gasteiger partial charge is 0.492 e. The van der Waals surface area contributed by atoms with Crippen LogP contribution in [0.1, 0.15) is 29.2 Å². The monoisotopic (exact) mass is 498 g/mol. The van der Waals surface area contributed by atoms with Crippen molar-refractivity contribution >= 4 is 21.6 Å². The minimum Gasteiger partial charge on any atom is -0.492 e. The first-order valence-corrected chi connectivity index (χ1v) is 12.6. The highest BCUT2D eigenvalue weighted by molar-refractivity contribution is 7.89. The van der Waals surface area contributed by atoms with Gasteiger partial charge in [-0.3, -0.25) is 4.79 Å². The van der Waals surface area contributed by atoms with Gasteiger partial charge >= 0.3 is 0 Å². The molecule has 0 unspecified atom stereocenters.